The maximum absolute atomic E-state index is 11.9. The number of carbonyl (C=O) groups excluding carboxylic acids is 4. The molecule has 5 nitrogen and oxygen atoms in total. The molecule has 0 atom stereocenters. The van der Waals surface area contributed by atoms with E-state index in [0.29, 0.717) is 17.5 Å². The maximum Gasteiger partial charge on any atom is 0.261 e. The maximum atomic E-state index is 11.9. The van der Waals surface area contributed by atoms with Crippen molar-refractivity contribution < 1.29 is 19.2 Å². The lowest BCUT2D eigenvalue weighted by atomic mass is 10.1. The number of imide groups is 1. The minimum Gasteiger partial charge on any atom is -0.295 e. The summed E-state index contributed by atoms with van der Waals surface area (Å²) < 4.78 is 0. The van der Waals surface area contributed by atoms with Crippen LogP contribution in [0.3, 0.4) is 0 Å². The fraction of sp³-hybridized carbons (Fsp3) is 0.231. The highest BCUT2D eigenvalue weighted by Gasteiger charge is 2.34. The smallest absolute Gasteiger partial charge is 0.261 e. The van der Waals surface area contributed by atoms with Crippen molar-refractivity contribution in [3.05, 3.63) is 35.4 Å². The van der Waals surface area contributed by atoms with E-state index in [0.717, 1.165) is 4.90 Å². The van der Waals surface area contributed by atoms with Crippen molar-refractivity contribution in [2.75, 3.05) is 6.54 Å². The molecule has 0 aliphatic carbocycles. The molecule has 0 fully saturated rings. The van der Waals surface area contributed by atoms with Crippen LogP contribution in [0, 0.1) is 0 Å². The molecule has 0 N–H and O–H groups in total. The minimum atomic E-state index is -0.522. The van der Waals surface area contributed by atoms with Gasteiger partial charge in [-0.1, -0.05) is 12.1 Å². The number of rotatable bonds is 5. The molecule has 5 heteroatoms. The quantitative estimate of drug-likeness (QED) is 0.437. The molecule has 1 aromatic carbocycles. The molecule has 1 aliphatic rings. The summed E-state index contributed by atoms with van der Waals surface area (Å²) in [6.45, 7) is 0.159. The highest BCUT2D eigenvalue weighted by molar-refractivity contribution is 6.25. The molecule has 0 aromatic heterocycles. The number of fused-ring (bicyclic) bond motifs is 1. The summed E-state index contributed by atoms with van der Waals surface area (Å²) in [5.74, 6) is -1.20. The number of hydrogen-bond donors (Lipinski definition) is 0. The van der Waals surface area contributed by atoms with Crippen molar-refractivity contribution in [1.29, 1.82) is 0 Å². The van der Waals surface area contributed by atoms with Crippen LogP contribution >= 0.6 is 0 Å². The third-order valence-corrected chi connectivity index (χ3v) is 2.81. The van der Waals surface area contributed by atoms with Crippen LogP contribution in [0.4, 0.5) is 0 Å². The van der Waals surface area contributed by atoms with Crippen molar-refractivity contribution in [2.24, 2.45) is 0 Å². The zero-order chi connectivity index (χ0) is 13.1. The van der Waals surface area contributed by atoms with Crippen molar-refractivity contribution in [3.8, 4) is 0 Å². The first-order chi connectivity index (χ1) is 8.65. The Bertz CT molecular complexity index is 501. The van der Waals surface area contributed by atoms with Crippen LogP contribution in [0.2, 0.25) is 0 Å². The lowest BCUT2D eigenvalue weighted by Gasteiger charge is -2.12. The van der Waals surface area contributed by atoms with Gasteiger partial charge in [-0.15, -0.1) is 0 Å². The largest absolute Gasteiger partial charge is 0.295 e. The summed E-state index contributed by atoms with van der Waals surface area (Å²) in [4.78, 5) is 45.9. The molecular weight excluding hydrogens is 234 g/mol. The second-order valence-corrected chi connectivity index (χ2v) is 4.00. The zero-order valence-corrected chi connectivity index (χ0v) is 9.59. The van der Waals surface area contributed by atoms with Gasteiger partial charge in [0.15, 0.2) is 12.1 Å². The summed E-state index contributed by atoms with van der Waals surface area (Å²) >= 11 is 0. The SMILES string of the molecule is O=CC(=O)CCCN1C(=O)c2ccccc2C1=O. The first kappa shape index (κ1) is 12.2. The number of benzene rings is 1. The second kappa shape index (κ2) is 4.91. The van der Waals surface area contributed by atoms with E-state index in [1.807, 2.05) is 0 Å². The van der Waals surface area contributed by atoms with Crippen molar-refractivity contribution in [1.82, 2.24) is 4.90 Å². The van der Waals surface area contributed by atoms with E-state index in [1.165, 1.54) is 0 Å². The Kier molecular flexibility index (Phi) is 3.32. The molecule has 92 valence electrons. The van der Waals surface area contributed by atoms with Gasteiger partial charge in [0.25, 0.3) is 11.8 Å². The summed E-state index contributed by atoms with van der Waals surface area (Å²) in [5.41, 5.74) is 0.786. The van der Waals surface area contributed by atoms with Crippen LogP contribution in [-0.2, 0) is 9.59 Å². The molecule has 1 heterocycles. The molecule has 1 aliphatic heterocycles. The van der Waals surface area contributed by atoms with Gasteiger partial charge in [0, 0.05) is 13.0 Å². The lowest BCUT2D eigenvalue weighted by Crippen LogP contribution is -2.31. The molecule has 0 radical (unpaired) electrons. The van der Waals surface area contributed by atoms with Crippen molar-refractivity contribution >= 4 is 23.9 Å². The third-order valence-electron chi connectivity index (χ3n) is 2.81. The summed E-state index contributed by atoms with van der Waals surface area (Å²) in [5, 5.41) is 0. The van der Waals surface area contributed by atoms with E-state index in [-0.39, 0.29) is 31.1 Å². The average Bonchev–Trinajstić information content (AvgIpc) is 2.64. The monoisotopic (exact) mass is 245 g/mol. The predicted octanol–water partition coefficient (Wildman–Crippen LogP) is 0.831. The summed E-state index contributed by atoms with van der Waals surface area (Å²) in [7, 11) is 0. The first-order valence-electron chi connectivity index (χ1n) is 5.58. The van der Waals surface area contributed by atoms with Gasteiger partial charge in [0.05, 0.1) is 11.1 Å². The van der Waals surface area contributed by atoms with E-state index in [2.05, 4.69) is 0 Å². The first-order valence-corrected chi connectivity index (χ1v) is 5.58. The standard InChI is InChI=1S/C13H11NO4/c15-8-9(16)4-3-7-14-12(17)10-5-1-2-6-11(10)13(14)18/h1-2,5-6,8H,3-4,7H2. The summed E-state index contributed by atoms with van der Waals surface area (Å²) in [6.07, 6.45) is 0.613. The molecule has 1 aromatic rings. The van der Waals surface area contributed by atoms with Crippen LogP contribution in [0.15, 0.2) is 24.3 Å². The predicted molar refractivity (Wildman–Crippen MR) is 62.1 cm³/mol. The number of ketones is 1. The third kappa shape index (κ3) is 2.07. The average molecular weight is 245 g/mol. The molecule has 2 rings (SSSR count). The number of hydrogen-bond acceptors (Lipinski definition) is 4. The van der Waals surface area contributed by atoms with Crippen molar-refractivity contribution in [3.63, 3.8) is 0 Å². The number of carbonyl (C=O) groups is 4. The Balaban J connectivity index is 2.05. The molecular formula is C13H11NO4. The highest BCUT2D eigenvalue weighted by Crippen LogP contribution is 2.22. The fourth-order valence-electron chi connectivity index (χ4n) is 1.91. The molecule has 2 amide bonds. The van der Waals surface area contributed by atoms with Crippen LogP contribution < -0.4 is 0 Å². The van der Waals surface area contributed by atoms with Gasteiger partial charge in [-0.05, 0) is 18.6 Å². The van der Waals surface area contributed by atoms with Crippen LogP contribution in [0.1, 0.15) is 33.6 Å². The number of amides is 2. The Morgan fingerprint density at radius 3 is 2.17 bits per heavy atom. The Hall–Kier alpha value is -2.30. The zero-order valence-electron chi connectivity index (χ0n) is 9.59. The summed E-state index contributed by atoms with van der Waals surface area (Å²) in [6, 6.07) is 6.60. The van der Waals surface area contributed by atoms with E-state index in [1.54, 1.807) is 24.3 Å². The molecule has 0 saturated carbocycles. The van der Waals surface area contributed by atoms with Crippen LogP contribution in [-0.4, -0.2) is 35.3 Å². The van der Waals surface area contributed by atoms with Crippen molar-refractivity contribution in [2.45, 2.75) is 12.8 Å². The van der Waals surface area contributed by atoms with Gasteiger partial charge in [0.1, 0.15) is 0 Å². The Morgan fingerprint density at radius 2 is 1.67 bits per heavy atom. The Labute approximate surface area is 103 Å². The van der Waals surface area contributed by atoms with Gasteiger partial charge in [-0.3, -0.25) is 24.1 Å². The fourth-order valence-corrected chi connectivity index (χ4v) is 1.91. The normalized spacial score (nSPS) is 13.7. The molecule has 0 bridgehead atoms. The van der Waals surface area contributed by atoms with Gasteiger partial charge in [-0.25, -0.2) is 0 Å². The lowest BCUT2D eigenvalue weighted by molar-refractivity contribution is -0.129. The minimum absolute atomic E-state index is 0.0525. The van der Waals surface area contributed by atoms with E-state index >= 15 is 0 Å². The number of nitrogens with zero attached hydrogens (tertiary/aromatic N) is 1. The van der Waals surface area contributed by atoms with Crippen LogP contribution in [0.25, 0.3) is 0 Å². The van der Waals surface area contributed by atoms with Gasteiger partial charge < -0.3 is 0 Å². The second-order valence-electron chi connectivity index (χ2n) is 4.00. The molecule has 0 unspecified atom stereocenters. The number of aldehydes is 1. The Morgan fingerprint density at radius 1 is 1.11 bits per heavy atom. The van der Waals surface area contributed by atoms with Gasteiger partial charge in [-0.2, -0.15) is 0 Å². The highest BCUT2D eigenvalue weighted by atomic mass is 16.2. The molecule has 0 spiro atoms. The molecule has 0 saturated heterocycles. The van der Waals surface area contributed by atoms with Gasteiger partial charge in [0.2, 0.25) is 0 Å². The van der Waals surface area contributed by atoms with E-state index in [9.17, 15) is 19.2 Å². The van der Waals surface area contributed by atoms with Gasteiger partial charge >= 0.3 is 0 Å². The van der Waals surface area contributed by atoms with Crippen LogP contribution in [0.5, 0.6) is 0 Å². The molecule has 18 heavy (non-hydrogen) atoms. The number of Topliss-reactive ketones (excluding diaryl/α,β-unsaturated/α-hetero) is 1. The van der Waals surface area contributed by atoms with E-state index < -0.39 is 5.78 Å². The van der Waals surface area contributed by atoms with E-state index in [4.69, 9.17) is 0 Å². The topological polar surface area (TPSA) is 71.5 Å².